The summed E-state index contributed by atoms with van der Waals surface area (Å²) in [6, 6.07) is 8.59. The molecule has 1 aliphatic rings. The van der Waals surface area contributed by atoms with E-state index in [0.717, 1.165) is 13.0 Å². The molecule has 0 aliphatic carbocycles. The van der Waals surface area contributed by atoms with Crippen molar-refractivity contribution in [3.05, 3.63) is 60.2 Å². The number of hydrogen-bond donors (Lipinski definition) is 2. The molecule has 1 atom stereocenters. The number of ether oxygens (including phenoxy) is 2. The van der Waals surface area contributed by atoms with Crippen molar-refractivity contribution in [3.8, 4) is 5.75 Å². The van der Waals surface area contributed by atoms with Gasteiger partial charge in [-0.2, -0.15) is 4.98 Å². The zero-order valence-electron chi connectivity index (χ0n) is 18.4. The molecule has 1 aliphatic heterocycles. The highest BCUT2D eigenvalue weighted by molar-refractivity contribution is 6.12. The Kier molecular flexibility index (Phi) is 6.84. The highest BCUT2D eigenvalue weighted by Gasteiger charge is 2.27. The van der Waals surface area contributed by atoms with Crippen LogP contribution in [-0.2, 0) is 4.74 Å². The third-order valence-electron chi connectivity index (χ3n) is 5.18. The van der Waals surface area contributed by atoms with Crippen LogP contribution in [0.3, 0.4) is 0 Å². The average Bonchev–Trinajstić information content (AvgIpc) is 3.50. The topological polar surface area (TPSA) is 119 Å². The molecule has 3 heterocycles. The molecule has 2 aromatic heterocycles. The van der Waals surface area contributed by atoms with Crippen LogP contribution in [0.1, 0.15) is 34.2 Å². The molecule has 1 fully saturated rings. The second kappa shape index (κ2) is 10.1. The van der Waals surface area contributed by atoms with Crippen LogP contribution >= 0.6 is 0 Å². The van der Waals surface area contributed by atoms with Gasteiger partial charge in [0, 0.05) is 32.0 Å². The van der Waals surface area contributed by atoms with Crippen molar-refractivity contribution in [1.82, 2.24) is 9.97 Å². The van der Waals surface area contributed by atoms with Crippen molar-refractivity contribution >= 4 is 29.2 Å². The summed E-state index contributed by atoms with van der Waals surface area (Å²) in [6.45, 7) is 4.00. The van der Waals surface area contributed by atoms with Crippen LogP contribution in [0.4, 0.5) is 17.4 Å². The van der Waals surface area contributed by atoms with Crippen LogP contribution in [0.2, 0.25) is 0 Å². The molecule has 10 heteroatoms. The third kappa shape index (κ3) is 5.29. The first-order valence-electron chi connectivity index (χ1n) is 10.6. The number of oxazole rings is 1. The molecule has 0 radical (unpaired) electrons. The minimum Gasteiger partial charge on any atom is -0.497 e. The van der Waals surface area contributed by atoms with Crippen LogP contribution in [0, 0.1) is 0 Å². The average molecular weight is 451 g/mol. The van der Waals surface area contributed by atoms with Gasteiger partial charge in [-0.05, 0) is 37.6 Å². The fourth-order valence-electron chi connectivity index (χ4n) is 3.56. The summed E-state index contributed by atoms with van der Waals surface area (Å²) in [4.78, 5) is 36.0. The molecule has 0 unspecified atom stereocenters. The van der Waals surface area contributed by atoms with Crippen molar-refractivity contribution in [2.75, 3.05) is 42.3 Å². The van der Waals surface area contributed by atoms with Gasteiger partial charge >= 0.3 is 0 Å². The van der Waals surface area contributed by atoms with Crippen molar-refractivity contribution < 1.29 is 23.5 Å². The monoisotopic (exact) mass is 451 g/mol. The number of carbonyl (C=O) groups excluding carboxylic acids is 2. The molecule has 172 valence electrons. The normalized spacial score (nSPS) is 15.3. The molecular formula is C23H25N5O5. The maximum Gasteiger partial charge on any atom is 0.298 e. The van der Waals surface area contributed by atoms with Crippen LogP contribution in [-0.4, -0.2) is 54.7 Å². The van der Waals surface area contributed by atoms with Gasteiger partial charge in [0.25, 0.3) is 17.8 Å². The van der Waals surface area contributed by atoms with E-state index in [4.69, 9.17) is 13.9 Å². The van der Waals surface area contributed by atoms with Gasteiger partial charge in [-0.15, -0.1) is 0 Å². The van der Waals surface area contributed by atoms with Gasteiger partial charge in [-0.1, -0.05) is 0 Å². The van der Waals surface area contributed by atoms with E-state index >= 15 is 0 Å². The second-order valence-electron chi connectivity index (χ2n) is 7.39. The number of anilines is 3. The smallest absolute Gasteiger partial charge is 0.298 e. The number of methoxy groups -OCH3 is 1. The number of hydrogen-bond acceptors (Lipinski definition) is 8. The van der Waals surface area contributed by atoms with Gasteiger partial charge in [0.1, 0.15) is 12.0 Å². The Balaban J connectivity index is 1.49. The second-order valence-corrected chi connectivity index (χ2v) is 7.39. The van der Waals surface area contributed by atoms with Gasteiger partial charge < -0.3 is 29.4 Å². The summed E-state index contributed by atoms with van der Waals surface area (Å²) in [5.74, 6) is -0.418. The lowest BCUT2D eigenvalue weighted by atomic mass is 10.1. The van der Waals surface area contributed by atoms with E-state index in [1.165, 1.54) is 19.6 Å². The molecule has 0 spiro atoms. The Hall–Kier alpha value is -3.92. The molecule has 4 rings (SSSR count). The van der Waals surface area contributed by atoms with Gasteiger partial charge in [0.2, 0.25) is 0 Å². The van der Waals surface area contributed by atoms with E-state index in [-0.39, 0.29) is 23.0 Å². The molecule has 3 aromatic rings. The summed E-state index contributed by atoms with van der Waals surface area (Å²) in [7, 11) is 1.51. The number of carbonyl (C=O) groups is 2. The maximum atomic E-state index is 12.9. The van der Waals surface area contributed by atoms with Gasteiger partial charge in [-0.3, -0.25) is 14.6 Å². The number of benzene rings is 1. The summed E-state index contributed by atoms with van der Waals surface area (Å²) < 4.78 is 16.4. The molecule has 0 saturated carbocycles. The summed E-state index contributed by atoms with van der Waals surface area (Å²) >= 11 is 0. The Bertz CT molecular complexity index is 1120. The zero-order valence-corrected chi connectivity index (χ0v) is 18.4. The van der Waals surface area contributed by atoms with Gasteiger partial charge in [0.15, 0.2) is 5.69 Å². The number of rotatable bonds is 8. The highest BCUT2D eigenvalue weighted by atomic mass is 16.5. The van der Waals surface area contributed by atoms with E-state index in [2.05, 4.69) is 20.6 Å². The first kappa shape index (κ1) is 22.3. The largest absolute Gasteiger partial charge is 0.497 e. The third-order valence-corrected chi connectivity index (χ3v) is 5.18. The first-order valence-corrected chi connectivity index (χ1v) is 10.6. The van der Waals surface area contributed by atoms with E-state index < -0.39 is 11.8 Å². The molecule has 1 saturated heterocycles. The van der Waals surface area contributed by atoms with Crippen LogP contribution in [0.25, 0.3) is 0 Å². The van der Waals surface area contributed by atoms with E-state index in [1.807, 2.05) is 11.8 Å². The quantitative estimate of drug-likeness (QED) is 0.536. The lowest BCUT2D eigenvalue weighted by Gasteiger charge is -2.13. The number of nitrogens with zero attached hydrogens (tertiary/aromatic N) is 3. The molecule has 2 amide bonds. The molecule has 33 heavy (non-hydrogen) atoms. The Labute approximate surface area is 190 Å². The number of aromatic nitrogens is 2. The number of amides is 2. The molecule has 1 aromatic carbocycles. The zero-order chi connectivity index (χ0) is 23.2. The first-order chi connectivity index (χ1) is 16.1. The SMILES string of the molecule is CCO[C@H]1CCN(c2nc(C(=O)Nc3cc(OC)ccc3C(=O)Nc3cccnc3)co2)C1. The standard InChI is InChI=1S/C23H25N5O5/c1-3-32-17-8-10-28(13-17)23-27-20(14-33-23)22(30)26-19-11-16(31-2)6-7-18(19)21(29)25-15-5-4-9-24-12-15/h4-7,9,11-12,14,17H,3,8,10,13H2,1-2H3,(H,25,29)(H,26,30)/t17-/m0/s1. The highest BCUT2D eigenvalue weighted by Crippen LogP contribution is 2.25. The maximum absolute atomic E-state index is 12.9. The fraction of sp³-hybridized carbons (Fsp3) is 0.304. The Morgan fingerprint density at radius 3 is 2.88 bits per heavy atom. The lowest BCUT2D eigenvalue weighted by molar-refractivity contribution is 0.0785. The number of nitrogens with one attached hydrogen (secondary N) is 2. The van der Waals surface area contributed by atoms with Gasteiger partial charge in [0.05, 0.1) is 36.3 Å². The molecule has 2 N–H and O–H groups in total. The minimum atomic E-state index is -0.505. The fourth-order valence-corrected chi connectivity index (χ4v) is 3.56. The Morgan fingerprint density at radius 2 is 2.12 bits per heavy atom. The van der Waals surface area contributed by atoms with E-state index in [0.29, 0.717) is 30.6 Å². The summed E-state index contributed by atoms with van der Waals surface area (Å²) in [5.41, 5.74) is 1.18. The van der Waals surface area contributed by atoms with Crippen molar-refractivity contribution in [2.24, 2.45) is 0 Å². The molecular weight excluding hydrogens is 426 g/mol. The minimum absolute atomic E-state index is 0.103. The Morgan fingerprint density at radius 1 is 1.24 bits per heavy atom. The lowest BCUT2D eigenvalue weighted by Crippen LogP contribution is -2.23. The predicted molar refractivity (Wildman–Crippen MR) is 122 cm³/mol. The number of pyridine rings is 1. The van der Waals surface area contributed by atoms with Crippen LogP contribution < -0.4 is 20.3 Å². The van der Waals surface area contributed by atoms with E-state index in [9.17, 15) is 9.59 Å². The summed E-state index contributed by atoms with van der Waals surface area (Å²) in [5, 5.41) is 5.50. The summed E-state index contributed by atoms with van der Waals surface area (Å²) in [6.07, 6.45) is 5.44. The van der Waals surface area contributed by atoms with Crippen molar-refractivity contribution in [3.63, 3.8) is 0 Å². The van der Waals surface area contributed by atoms with E-state index in [1.54, 1.807) is 36.5 Å². The van der Waals surface area contributed by atoms with Crippen LogP contribution in [0.15, 0.2) is 53.4 Å². The molecule has 0 bridgehead atoms. The van der Waals surface area contributed by atoms with Crippen LogP contribution in [0.5, 0.6) is 5.75 Å². The van der Waals surface area contributed by atoms with Crippen molar-refractivity contribution in [1.29, 1.82) is 0 Å². The predicted octanol–water partition coefficient (Wildman–Crippen LogP) is 3.20. The molecule has 10 nitrogen and oxygen atoms in total. The van der Waals surface area contributed by atoms with Crippen molar-refractivity contribution in [2.45, 2.75) is 19.4 Å². The van der Waals surface area contributed by atoms with Gasteiger partial charge in [-0.25, -0.2) is 0 Å².